The second-order valence-corrected chi connectivity index (χ2v) is 6.04. The van der Waals surface area contributed by atoms with E-state index in [4.69, 9.17) is 23.2 Å². The van der Waals surface area contributed by atoms with Crippen molar-refractivity contribution in [2.75, 3.05) is 12.4 Å². The van der Waals surface area contributed by atoms with Crippen LogP contribution in [0.3, 0.4) is 0 Å². The van der Waals surface area contributed by atoms with Crippen molar-refractivity contribution in [3.63, 3.8) is 0 Å². The predicted octanol–water partition coefficient (Wildman–Crippen LogP) is 4.18. The minimum absolute atomic E-state index is 0.574. The van der Waals surface area contributed by atoms with Gasteiger partial charge in [-0.05, 0) is 18.2 Å². The Labute approximate surface area is 118 Å². The van der Waals surface area contributed by atoms with Gasteiger partial charge in [-0.25, -0.2) is 0 Å². The first-order chi connectivity index (χ1) is 8.19. The van der Waals surface area contributed by atoms with Crippen LogP contribution in [0.15, 0.2) is 23.1 Å². The van der Waals surface area contributed by atoms with E-state index in [-0.39, 0.29) is 0 Å². The van der Waals surface area contributed by atoms with Gasteiger partial charge in [0.15, 0.2) is 0 Å². The Morgan fingerprint density at radius 3 is 2.76 bits per heavy atom. The summed E-state index contributed by atoms with van der Waals surface area (Å²) in [5, 5.41) is 14.0. The molecule has 0 radical (unpaired) electrons. The van der Waals surface area contributed by atoms with Crippen molar-refractivity contribution < 1.29 is 0 Å². The van der Waals surface area contributed by atoms with Crippen molar-refractivity contribution in [1.82, 2.24) is 10.2 Å². The van der Waals surface area contributed by atoms with Crippen molar-refractivity contribution in [3.05, 3.63) is 33.3 Å². The number of hydrogen-bond acceptors (Lipinski definition) is 5. The van der Waals surface area contributed by atoms with Crippen molar-refractivity contribution in [2.24, 2.45) is 0 Å². The number of hydrogen-bond donors (Lipinski definition) is 1. The van der Waals surface area contributed by atoms with E-state index in [1.54, 1.807) is 29.2 Å². The molecule has 0 saturated carbocycles. The quantitative estimate of drug-likeness (QED) is 0.860. The van der Waals surface area contributed by atoms with Gasteiger partial charge in [-0.1, -0.05) is 34.5 Å². The fourth-order valence-electron chi connectivity index (χ4n) is 1.12. The van der Waals surface area contributed by atoms with E-state index in [0.29, 0.717) is 10.0 Å². The molecule has 0 spiro atoms. The van der Waals surface area contributed by atoms with E-state index < -0.39 is 0 Å². The van der Waals surface area contributed by atoms with Crippen molar-refractivity contribution >= 4 is 51.4 Å². The molecule has 0 fully saturated rings. The summed E-state index contributed by atoms with van der Waals surface area (Å²) in [6.07, 6.45) is 0. The maximum atomic E-state index is 5.94. The zero-order valence-electron chi connectivity index (χ0n) is 8.91. The summed E-state index contributed by atoms with van der Waals surface area (Å²) < 4.78 is 0. The van der Waals surface area contributed by atoms with E-state index in [1.165, 1.54) is 0 Å². The van der Waals surface area contributed by atoms with Crippen molar-refractivity contribution in [3.8, 4) is 0 Å². The van der Waals surface area contributed by atoms with Gasteiger partial charge in [0, 0.05) is 11.9 Å². The molecule has 0 saturated heterocycles. The fraction of sp³-hybridized carbons (Fsp3) is 0.200. The van der Waals surface area contributed by atoms with Gasteiger partial charge in [-0.15, -0.1) is 22.0 Å². The monoisotopic (exact) mass is 305 g/mol. The first kappa shape index (κ1) is 13.0. The molecule has 2 aromatic rings. The molecular weight excluding hydrogens is 297 g/mol. The first-order valence-electron chi connectivity index (χ1n) is 4.77. The number of rotatable bonds is 4. The van der Waals surface area contributed by atoms with Gasteiger partial charge in [0.2, 0.25) is 5.13 Å². The predicted molar refractivity (Wildman–Crippen MR) is 75.5 cm³/mol. The Morgan fingerprint density at radius 2 is 2.12 bits per heavy atom. The zero-order chi connectivity index (χ0) is 12.3. The number of aromatic nitrogens is 2. The lowest BCUT2D eigenvalue weighted by Crippen LogP contribution is -1.84. The Bertz CT molecular complexity index is 516. The first-order valence-corrected chi connectivity index (χ1v) is 7.33. The van der Waals surface area contributed by atoms with E-state index in [2.05, 4.69) is 15.5 Å². The van der Waals surface area contributed by atoms with E-state index in [1.807, 2.05) is 19.2 Å². The molecule has 0 aliphatic carbocycles. The average molecular weight is 306 g/mol. The zero-order valence-corrected chi connectivity index (χ0v) is 12.1. The Kier molecular flexibility index (Phi) is 4.50. The molecule has 1 heterocycles. The van der Waals surface area contributed by atoms with Crippen LogP contribution in [-0.2, 0) is 5.75 Å². The highest BCUT2D eigenvalue weighted by molar-refractivity contribution is 7.98. The summed E-state index contributed by atoms with van der Waals surface area (Å²) in [6.45, 7) is 0. The molecule has 0 aliphatic rings. The highest BCUT2D eigenvalue weighted by atomic mass is 35.5. The van der Waals surface area contributed by atoms with Crippen LogP contribution in [-0.4, -0.2) is 17.2 Å². The van der Waals surface area contributed by atoms with E-state index in [0.717, 1.165) is 20.8 Å². The van der Waals surface area contributed by atoms with Crippen LogP contribution in [0.1, 0.15) is 5.01 Å². The number of thioether (sulfide) groups is 1. The summed E-state index contributed by atoms with van der Waals surface area (Å²) in [5.74, 6) is 0.775. The van der Waals surface area contributed by atoms with Crippen LogP contribution in [0.2, 0.25) is 10.0 Å². The number of anilines is 1. The molecule has 0 amide bonds. The number of halogens is 2. The highest BCUT2D eigenvalue weighted by Gasteiger charge is 2.05. The molecule has 0 bridgehead atoms. The molecule has 0 unspecified atom stereocenters. The Balaban J connectivity index is 1.99. The lowest BCUT2D eigenvalue weighted by Gasteiger charge is -2.00. The molecular formula is C10H9Cl2N3S2. The number of benzene rings is 1. The molecule has 3 nitrogen and oxygen atoms in total. The summed E-state index contributed by atoms with van der Waals surface area (Å²) in [4.78, 5) is 1.07. The lowest BCUT2D eigenvalue weighted by atomic mass is 10.4. The SMILES string of the molecule is CNc1nnc(CSc2ccc(Cl)c(Cl)c2)s1. The topological polar surface area (TPSA) is 37.8 Å². The van der Waals surface area contributed by atoms with Gasteiger partial charge in [0.25, 0.3) is 0 Å². The summed E-state index contributed by atoms with van der Waals surface area (Å²) in [5.41, 5.74) is 0. The standard InChI is InChI=1S/C10H9Cl2N3S2/c1-13-10-15-14-9(17-10)5-16-6-2-3-7(11)8(12)4-6/h2-4H,5H2,1H3,(H,13,15). The maximum absolute atomic E-state index is 5.94. The van der Waals surface area contributed by atoms with Gasteiger partial charge in [0.05, 0.1) is 15.8 Å². The van der Waals surface area contributed by atoms with Crippen molar-refractivity contribution in [2.45, 2.75) is 10.6 Å². The van der Waals surface area contributed by atoms with E-state index in [9.17, 15) is 0 Å². The van der Waals surface area contributed by atoms with Gasteiger partial charge >= 0.3 is 0 Å². The third kappa shape index (κ3) is 3.48. The third-order valence-corrected chi connectivity index (χ3v) is 4.80. The normalized spacial score (nSPS) is 10.5. The number of nitrogens with one attached hydrogen (secondary N) is 1. The molecule has 1 N–H and O–H groups in total. The van der Waals surface area contributed by atoms with Crippen LogP contribution < -0.4 is 5.32 Å². The number of nitrogens with zero attached hydrogens (tertiary/aromatic N) is 2. The minimum Gasteiger partial charge on any atom is -0.363 e. The van der Waals surface area contributed by atoms with E-state index >= 15 is 0 Å². The minimum atomic E-state index is 0.574. The molecule has 2 rings (SSSR count). The van der Waals surface area contributed by atoms with Crippen LogP contribution >= 0.6 is 46.3 Å². The van der Waals surface area contributed by atoms with Crippen LogP contribution in [0.25, 0.3) is 0 Å². The largest absolute Gasteiger partial charge is 0.363 e. The molecule has 1 aromatic carbocycles. The molecule has 17 heavy (non-hydrogen) atoms. The van der Waals surface area contributed by atoms with Crippen LogP contribution in [0.4, 0.5) is 5.13 Å². The molecule has 7 heteroatoms. The summed E-state index contributed by atoms with van der Waals surface area (Å²) in [7, 11) is 1.83. The molecule has 0 atom stereocenters. The molecule has 0 aliphatic heterocycles. The Hall–Kier alpha value is -0.490. The van der Waals surface area contributed by atoms with Gasteiger partial charge in [0.1, 0.15) is 5.01 Å². The third-order valence-electron chi connectivity index (χ3n) is 1.93. The van der Waals surface area contributed by atoms with Gasteiger partial charge in [-0.3, -0.25) is 0 Å². The second-order valence-electron chi connectivity index (χ2n) is 3.12. The summed E-state index contributed by atoms with van der Waals surface area (Å²) in [6, 6.07) is 5.60. The Morgan fingerprint density at radius 1 is 1.29 bits per heavy atom. The fourth-order valence-corrected chi connectivity index (χ4v) is 3.10. The van der Waals surface area contributed by atoms with Crippen LogP contribution in [0.5, 0.6) is 0 Å². The molecule has 1 aromatic heterocycles. The lowest BCUT2D eigenvalue weighted by molar-refractivity contribution is 1.04. The smallest absolute Gasteiger partial charge is 0.205 e. The molecule has 90 valence electrons. The van der Waals surface area contributed by atoms with Crippen LogP contribution in [0, 0.1) is 0 Å². The van der Waals surface area contributed by atoms with Gasteiger partial charge < -0.3 is 5.32 Å². The highest BCUT2D eigenvalue weighted by Crippen LogP contribution is 2.30. The maximum Gasteiger partial charge on any atom is 0.205 e. The average Bonchev–Trinajstić information content (AvgIpc) is 2.79. The van der Waals surface area contributed by atoms with Crippen molar-refractivity contribution in [1.29, 1.82) is 0 Å². The summed E-state index contributed by atoms with van der Waals surface area (Å²) >= 11 is 15.0. The van der Waals surface area contributed by atoms with Gasteiger partial charge in [-0.2, -0.15) is 0 Å². The second kappa shape index (κ2) is 5.91.